The van der Waals surface area contributed by atoms with Gasteiger partial charge in [0.05, 0.1) is 6.61 Å². The van der Waals surface area contributed by atoms with Gasteiger partial charge in [0.15, 0.2) is 22.8 Å². The molecule has 1 aromatic carbocycles. The SMILES string of the molecule is OC[C@@]1(Br)O[C@@H](O)[C@H](O)[C@@H](Oc2cc3ccccc3[nH]2)[C@@H]1O. The Morgan fingerprint density at radius 3 is 2.68 bits per heavy atom. The van der Waals surface area contributed by atoms with E-state index in [-0.39, 0.29) is 0 Å². The van der Waals surface area contributed by atoms with Crippen LogP contribution in [0.15, 0.2) is 30.3 Å². The van der Waals surface area contributed by atoms with Crippen molar-refractivity contribution in [2.45, 2.75) is 29.1 Å². The molecule has 120 valence electrons. The standard InChI is InChI=1S/C14H16BrNO6/c15-14(6-17)12(19)11(10(18)13(20)22-14)21-9-5-7-3-1-2-4-8(7)16-9/h1-5,10-13,16-20H,6H2/t10-,11-,12+,13-,14-/m1/s1. The zero-order valence-electron chi connectivity index (χ0n) is 11.4. The predicted molar refractivity (Wildman–Crippen MR) is 80.6 cm³/mol. The highest BCUT2D eigenvalue weighted by Gasteiger charge is 2.53. The number of hydrogen-bond acceptors (Lipinski definition) is 6. The monoisotopic (exact) mass is 373 g/mol. The van der Waals surface area contributed by atoms with Crippen LogP contribution in [0.5, 0.6) is 5.88 Å². The Morgan fingerprint density at radius 2 is 2.00 bits per heavy atom. The highest BCUT2D eigenvalue weighted by molar-refractivity contribution is 9.10. The normalized spacial score (nSPS) is 35.7. The summed E-state index contributed by atoms with van der Waals surface area (Å²) in [7, 11) is 0. The number of rotatable bonds is 3. The van der Waals surface area contributed by atoms with Gasteiger partial charge in [0.25, 0.3) is 0 Å². The maximum Gasteiger partial charge on any atom is 0.192 e. The second-order valence-electron chi connectivity index (χ2n) is 5.19. The van der Waals surface area contributed by atoms with Crippen LogP contribution in [0.25, 0.3) is 10.9 Å². The molecule has 0 spiro atoms. The molecule has 7 nitrogen and oxygen atoms in total. The third-order valence-electron chi connectivity index (χ3n) is 3.68. The summed E-state index contributed by atoms with van der Waals surface area (Å²) in [4.78, 5) is 3.00. The third kappa shape index (κ3) is 2.62. The summed E-state index contributed by atoms with van der Waals surface area (Å²) < 4.78 is 8.99. The Labute approximate surface area is 134 Å². The lowest BCUT2D eigenvalue weighted by Gasteiger charge is -2.44. The van der Waals surface area contributed by atoms with E-state index >= 15 is 0 Å². The van der Waals surface area contributed by atoms with E-state index < -0.39 is 35.7 Å². The molecule has 1 aliphatic rings. The van der Waals surface area contributed by atoms with Crippen molar-refractivity contribution in [3.63, 3.8) is 0 Å². The van der Waals surface area contributed by atoms with Gasteiger partial charge in [-0.15, -0.1) is 0 Å². The molecule has 0 bridgehead atoms. The molecule has 0 unspecified atom stereocenters. The zero-order chi connectivity index (χ0) is 15.9. The van der Waals surface area contributed by atoms with Crippen molar-refractivity contribution in [2.24, 2.45) is 0 Å². The second-order valence-corrected chi connectivity index (χ2v) is 6.53. The number of hydrogen-bond donors (Lipinski definition) is 5. The number of benzene rings is 1. The molecule has 1 aromatic heterocycles. The summed E-state index contributed by atoms with van der Waals surface area (Å²) in [5.74, 6) is 0.325. The lowest BCUT2D eigenvalue weighted by molar-refractivity contribution is -0.291. The first kappa shape index (κ1) is 15.7. The van der Waals surface area contributed by atoms with Crippen molar-refractivity contribution in [1.29, 1.82) is 0 Å². The Bertz CT molecular complexity index is 631. The summed E-state index contributed by atoms with van der Waals surface area (Å²) in [6.45, 7) is -0.607. The fraction of sp³-hybridized carbons (Fsp3) is 0.429. The number of ether oxygens (including phenoxy) is 2. The van der Waals surface area contributed by atoms with Crippen molar-refractivity contribution in [2.75, 3.05) is 6.61 Å². The molecular formula is C14H16BrNO6. The molecule has 5 N–H and O–H groups in total. The minimum absolute atomic E-state index is 0.325. The number of para-hydroxylation sites is 1. The number of nitrogens with one attached hydrogen (secondary N) is 1. The molecule has 2 heterocycles. The first-order valence-electron chi connectivity index (χ1n) is 6.71. The number of fused-ring (bicyclic) bond motifs is 1. The summed E-state index contributed by atoms with van der Waals surface area (Å²) >= 11 is 3.03. The van der Waals surface area contributed by atoms with Gasteiger partial charge in [-0.1, -0.05) is 18.2 Å². The number of H-pyrrole nitrogens is 1. The van der Waals surface area contributed by atoms with E-state index in [4.69, 9.17) is 9.47 Å². The van der Waals surface area contributed by atoms with Gasteiger partial charge in [0.2, 0.25) is 0 Å². The Hall–Kier alpha value is -1.16. The molecule has 1 fully saturated rings. The molecular weight excluding hydrogens is 358 g/mol. The molecule has 8 heteroatoms. The molecule has 2 aromatic rings. The van der Waals surface area contributed by atoms with E-state index in [1.54, 1.807) is 6.07 Å². The van der Waals surface area contributed by atoms with Crippen LogP contribution < -0.4 is 4.74 Å². The third-order valence-corrected chi connectivity index (χ3v) is 4.59. The molecule has 0 saturated carbocycles. The second kappa shape index (κ2) is 5.80. The van der Waals surface area contributed by atoms with Gasteiger partial charge >= 0.3 is 0 Å². The minimum atomic E-state index is -1.61. The van der Waals surface area contributed by atoms with Gasteiger partial charge < -0.3 is 34.9 Å². The van der Waals surface area contributed by atoms with E-state index in [9.17, 15) is 20.4 Å². The van der Waals surface area contributed by atoms with E-state index in [1.165, 1.54) is 0 Å². The van der Waals surface area contributed by atoms with E-state index in [2.05, 4.69) is 20.9 Å². The van der Waals surface area contributed by atoms with Gasteiger partial charge in [0.1, 0.15) is 12.2 Å². The first-order chi connectivity index (χ1) is 10.4. The Balaban J connectivity index is 1.88. The summed E-state index contributed by atoms with van der Waals surface area (Å²) in [5, 5.41) is 40.2. The van der Waals surface area contributed by atoms with Crippen LogP contribution in [0.4, 0.5) is 0 Å². The number of aromatic amines is 1. The van der Waals surface area contributed by atoms with Crippen LogP contribution in [0.1, 0.15) is 0 Å². The van der Waals surface area contributed by atoms with Gasteiger partial charge in [-0.05, 0) is 22.0 Å². The summed E-state index contributed by atoms with van der Waals surface area (Å²) in [6, 6.07) is 9.19. The zero-order valence-corrected chi connectivity index (χ0v) is 13.0. The summed E-state index contributed by atoms with van der Waals surface area (Å²) in [5.41, 5.74) is 0.835. The number of alkyl halides is 1. The van der Waals surface area contributed by atoms with Gasteiger partial charge in [-0.2, -0.15) is 0 Å². The molecule has 1 aliphatic heterocycles. The maximum absolute atomic E-state index is 10.3. The van der Waals surface area contributed by atoms with Crippen LogP contribution in [-0.2, 0) is 4.74 Å². The van der Waals surface area contributed by atoms with Crippen LogP contribution in [0.3, 0.4) is 0 Å². The van der Waals surface area contributed by atoms with E-state index in [1.807, 2.05) is 24.3 Å². The Kier molecular flexibility index (Phi) is 4.15. The molecule has 0 amide bonds. The van der Waals surface area contributed by atoms with Gasteiger partial charge in [-0.3, -0.25) is 0 Å². The molecule has 22 heavy (non-hydrogen) atoms. The van der Waals surface area contributed by atoms with Crippen molar-refractivity contribution in [1.82, 2.24) is 4.98 Å². The number of halogens is 1. The molecule has 0 aliphatic carbocycles. The van der Waals surface area contributed by atoms with Crippen molar-refractivity contribution in [3.8, 4) is 5.88 Å². The molecule has 0 radical (unpaired) electrons. The molecule has 1 saturated heterocycles. The first-order valence-corrected chi connectivity index (χ1v) is 7.50. The molecule has 3 rings (SSSR count). The fourth-order valence-electron chi connectivity index (χ4n) is 2.46. The fourth-order valence-corrected chi connectivity index (χ4v) is 2.91. The van der Waals surface area contributed by atoms with Crippen molar-refractivity contribution < 1.29 is 29.9 Å². The topological polar surface area (TPSA) is 115 Å². The number of aliphatic hydroxyl groups is 4. The highest BCUT2D eigenvalue weighted by Crippen LogP contribution is 2.36. The number of aromatic nitrogens is 1. The van der Waals surface area contributed by atoms with Gasteiger partial charge in [0, 0.05) is 17.0 Å². The average molecular weight is 374 g/mol. The quantitative estimate of drug-likeness (QED) is 0.486. The Morgan fingerprint density at radius 1 is 1.27 bits per heavy atom. The lowest BCUT2D eigenvalue weighted by Crippen LogP contribution is -2.64. The number of aliphatic hydroxyl groups excluding tert-OH is 4. The van der Waals surface area contributed by atoms with E-state index in [0.717, 1.165) is 10.9 Å². The van der Waals surface area contributed by atoms with Crippen molar-refractivity contribution in [3.05, 3.63) is 30.3 Å². The molecule has 5 atom stereocenters. The largest absolute Gasteiger partial charge is 0.470 e. The highest BCUT2D eigenvalue weighted by atomic mass is 79.9. The van der Waals surface area contributed by atoms with Crippen LogP contribution >= 0.6 is 15.9 Å². The predicted octanol–water partition coefficient (Wildman–Crippen LogP) is 0.0692. The average Bonchev–Trinajstić information content (AvgIpc) is 2.92. The summed E-state index contributed by atoms with van der Waals surface area (Å²) in [6.07, 6.45) is -5.67. The smallest absolute Gasteiger partial charge is 0.192 e. The van der Waals surface area contributed by atoms with Crippen LogP contribution in [0.2, 0.25) is 0 Å². The van der Waals surface area contributed by atoms with Gasteiger partial charge in [-0.25, -0.2) is 0 Å². The minimum Gasteiger partial charge on any atom is -0.470 e. The van der Waals surface area contributed by atoms with Crippen LogP contribution in [0, 0.1) is 0 Å². The van der Waals surface area contributed by atoms with Crippen molar-refractivity contribution >= 4 is 26.8 Å². The van der Waals surface area contributed by atoms with Crippen LogP contribution in [-0.4, -0.2) is 61.1 Å². The maximum atomic E-state index is 10.3. The lowest BCUT2D eigenvalue weighted by atomic mass is 9.99. The van der Waals surface area contributed by atoms with E-state index in [0.29, 0.717) is 5.88 Å².